The van der Waals surface area contributed by atoms with E-state index < -0.39 is 12.0 Å². The molecule has 1 aromatic carbocycles. The summed E-state index contributed by atoms with van der Waals surface area (Å²) in [7, 11) is 0. The fourth-order valence-corrected chi connectivity index (χ4v) is 4.88. The molecule has 2 aromatic heterocycles. The van der Waals surface area contributed by atoms with Crippen molar-refractivity contribution in [3.8, 4) is 12.1 Å². The van der Waals surface area contributed by atoms with Gasteiger partial charge in [-0.3, -0.25) is 9.99 Å². The van der Waals surface area contributed by atoms with Crippen LogP contribution in [0.15, 0.2) is 41.3 Å². The van der Waals surface area contributed by atoms with E-state index in [0.717, 1.165) is 12.8 Å². The van der Waals surface area contributed by atoms with Gasteiger partial charge < -0.3 is 16.1 Å². The molecule has 1 aliphatic carbocycles. The third-order valence-corrected chi connectivity index (χ3v) is 7.05. The highest BCUT2D eigenvalue weighted by atomic mass is 35.5. The van der Waals surface area contributed by atoms with Crippen molar-refractivity contribution in [2.75, 3.05) is 17.2 Å². The number of hydrazine groups is 2. The summed E-state index contributed by atoms with van der Waals surface area (Å²) in [6, 6.07) is 10.8. The Labute approximate surface area is 231 Å². The largest absolute Gasteiger partial charge is 0.383 e. The summed E-state index contributed by atoms with van der Waals surface area (Å²) < 4.78 is 13.9. The van der Waals surface area contributed by atoms with Gasteiger partial charge in [0.25, 0.3) is 0 Å². The summed E-state index contributed by atoms with van der Waals surface area (Å²) in [5.41, 5.74) is 10.6. The molecule has 11 heteroatoms. The number of halogens is 2. The van der Waals surface area contributed by atoms with Gasteiger partial charge in [-0.05, 0) is 43.4 Å². The van der Waals surface area contributed by atoms with Crippen LogP contribution in [0.25, 0.3) is 10.9 Å². The Bertz CT molecular complexity index is 1560. The van der Waals surface area contributed by atoms with Gasteiger partial charge in [-0.15, -0.1) is 5.53 Å². The molecule has 0 amide bonds. The summed E-state index contributed by atoms with van der Waals surface area (Å²) >= 11 is 6.81. The van der Waals surface area contributed by atoms with E-state index in [-0.39, 0.29) is 5.41 Å². The zero-order valence-electron chi connectivity index (χ0n) is 22.2. The maximum absolute atomic E-state index is 13.9. The number of pyridine rings is 2. The standard InChI is InChI=1S/C28H29ClFN9/c1-15-20(7-8-22(30)35-15)25(26-27(29)39(38-37-26)19-5-6-19)36-18-9-16(11-31)23-21(10-18)24(17(12-32)13-33-23)34-14-28(2,3)4/h7-10,13,19,25,36-38H,5-6,14H2,1-4H3,(H,33,34)/t25-/m0/s1. The predicted molar refractivity (Wildman–Crippen MR) is 148 cm³/mol. The maximum atomic E-state index is 13.9. The summed E-state index contributed by atoms with van der Waals surface area (Å²) in [6.07, 6.45) is 3.55. The van der Waals surface area contributed by atoms with Crippen LogP contribution in [0.1, 0.15) is 62.0 Å². The number of nitrogens with zero attached hydrogens (tertiary/aromatic N) is 5. The topological polar surface area (TPSA) is 125 Å². The summed E-state index contributed by atoms with van der Waals surface area (Å²) in [5.74, 6) is -0.575. The second-order valence-corrected chi connectivity index (χ2v) is 11.4. The molecular weight excluding hydrogens is 517 g/mol. The molecule has 1 aliphatic heterocycles. The fourth-order valence-electron chi connectivity index (χ4n) is 4.55. The molecular formula is C28H29ClFN9. The number of anilines is 2. The van der Waals surface area contributed by atoms with Gasteiger partial charge in [0, 0.05) is 41.1 Å². The van der Waals surface area contributed by atoms with E-state index >= 15 is 0 Å². The molecule has 200 valence electrons. The first-order valence-electron chi connectivity index (χ1n) is 12.7. The van der Waals surface area contributed by atoms with E-state index in [0.29, 0.717) is 68.1 Å². The zero-order valence-corrected chi connectivity index (χ0v) is 22.9. The van der Waals surface area contributed by atoms with Gasteiger partial charge in [-0.25, -0.2) is 4.98 Å². The molecule has 0 radical (unpaired) electrons. The van der Waals surface area contributed by atoms with E-state index in [1.165, 1.54) is 12.3 Å². The lowest BCUT2D eigenvalue weighted by atomic mass is 9.96. The van der Waals surface area contributed by atoms with Crippen molar-refractivity contribution in [2.45, 2.75) is 52.6 Å². The second kappa shape index (κ2) is 10.2. The normalized spacial score (nSPS) is 16.1. The molecule has 5 rings (SSSR count). The number of rotatable bonds is 7. The van der Waals surface area contributed by atoms with Gasteiger partial charge in [0.05, 0.1) is 34.1 Å². The highest BCUT2D eigenvalue weighted by molar-refractivity contribution is 6.29. The molecule has 0 unspecified atom stereocenters. The van der Waals surface area contributed by atoms with Gasteiger partial charge >= 0.3 is 0 Å². The van der Waals surface area contributed by atoms with Crippen molar-refractivity contribution in [1.29, 1.82) is 10.5 Å². The number of nitriles is 2. The van der Waals surface area contributed by atoms with Gasteiger partial charge in [0.1, 0.15) is 17.3 Å². The van der Waals surface area contributed by atoms with Gasteiger partial charge in [0.15, 0.2) is 0 Å². The number of aryl methyl sites for hydroxylation is 1. The minimum atomic E-state index is -0.575. The molecule has 9 nitrogen and oxygen atoms in total. The molecule has 1 fully saturated rings. The smallest absolute Gasteiger partial charge is 0.213 e. The SMILES string of the molecule is Cc1nc(F)ccc1[C@H](Nc1cc(C#N)c2ncc(C#N)c(NCC(C)(C)C)c2c1)C1=C(Cl)N(C2CC2)NN1. The summed E-state index contributed by atoms with van der Waals surface area (Å²) in [5, 5.41) is 29.7. The minimum absolute atomic E-state index is 0.0494. The quantitative estimate of drug-likeness (QED) is 0.230. The van der Waals surface area contributed by atoms with Crippen LogP contribution < -0.4 is 21.6 Å². The first kappa shape index (κ1) is 26.5. The van der Waals surface area contributed by atoms with Crippen molar-refractivity contribution in [3.05, 3.63) is 69.6 Å². The molecule has 3 aromatic rings. The van der Waals surface area contributed by atoms with E-state index in [4.69, 9.17) is 11.6 Å². The Kier molecular flexibility index (Phi) is 6.94. The number of nitrogens with one attached hydrogen (secondary N) is 4. The number of benzene rings is 1. The molecule has 2 aliphatic rings. The lowest BCUT2D eigenvalue weighted by molar-refractivity contribution is 0.253. The number of hydrogen-bond donors (Lipinski definition) is 4. The minimum Gasteiger partial charge on any atom is -0.383 e. The van der Waals surface area contributed by atoms with Crippen LogP contribution in [-0.2, 0) is 0 Å². The Morgan fingerprint density at radius 2 is 1.95 bits per heavy atom. The number of hydrogen-bond acceptors (Lipinski definition) is 9. The van der Waals surface area contributed by atoms with Gasteiger partial charge in [0.2, 0.25) is 5.95 Å². The van der Waals surface area contributed by atoms with Crippen LogP contribution in [0.5, 0.6) is 0 Å². The third kappa shape index (κ3) is 5.40. The first-order valence-corrected chi connectivity index (χ1v) is 13.1. The Balaban J connectivity index is 1.64. The van der Waals surface area contributed by atoms with Crippen LogP contribution in [0.3, 0.4) is 0 Å². The van der Waals surface area contributed by atoms with Crippen LogP contribution in [0.2, 0.25) is 0 Å². The summed E-state index contributed by atoms with van der Waals surface area (Å²) in [4.78, 5) is 8.46. The second-order valence-electron chi connectivity index (χ2n) is 11.0. The number of fused-ring (bicyclic) bond motifs is 1. The average molecular weight is 546 g/mol. The molecule has 3 heterocycles. The Hall–Kier alpha value is -4.12. The van der Waals surface area contributed by atoms with E-state index in [1.54, 1.807) is 19.1 Å². The van der Waals surface area contributed by atoms with Gasteiger partial charge in [-0.1, -0.05) is 38.4 Å². The maximum Gasteiger partial charge on any atom is 0.213 e. The lowest BCUT2D eigenvalue weighted by Gasteiger charge is -2.24. The van der Waals surface area contributed by atoms with Crippen LogP contribution in [-0.4, -0.2) is 27.6 Å². The monoisotopic (exact) mass is 545 g/mol. The Morgan fingerprint density at radius 1 is 1.21 bits per heavy atom. The molecule has 0 bridgehead atoms. The lowest BCUT2D eigenvalue weighted by Crippen LogP contribution is -2.39. The van der Waals surface area contributed by atoms with Crippen LogP contribution in [0, 0.1) is 40.9 Å². The highest BCUT2D eigenvalue weighted by Gasteiger charge is 2.37. The molecule has 0 saturated heterocycles. The Morgan fingerprint density at radius 3 is 2.59 bits per heavy atom. The predicted octanol–water partition coefficient (Wildman–Crippen LogP) is 5.33. The zero-order chi connectivity index (χ0) is 27.9. The molecule has 4 N–H and O–H groups in total. The average Bonchev–Trinajstić information content (AvgIpc) is 3.66. The van der Waals surface area contributed by atoms with Crippen LogP contribution >= 0.6 is 11.6 Å². The van der Waals surface area contributed by atoms with Crippen molar-refractivity contribution in [1.82, 2.24) is 25.9 Å². The molecule has 0 spiro atoms. The molecule has 1 saturated carbocycles. The van der Waals surface area contributed by atoms with Crippen molar-refractivity contribution >= 4 is 33.9 Å². The third-order valence-electron chi connectivity index (χ3n) is 6.67. The van der Waals surface area contributed by atoms with Crippen molar-refractivity contribution in [2.24, 2.45) is 5.41 Å². The summed E-state index contributed by atoms with van der Waals surface area (Å²) in [6.45, 7) is 8.63. The van der Waals surface area contributed by atoms with Crippen molar-refractivity contribution < 1.29 is 4.39 Å². The molecule has 39 heavy (non-hydrogen) atoms. The molecule has 1 atom stereocenters. The van der Waals surface area contributed by atoms with E-state index in [9.17, 15) is 14.9 Å². The highest BCUT2D eigenvalue weighted by Crippen LogP contribution is 2.39. The van der Waals surface area contributed by atoms with E-state index in [2.05, 4.69) is 64.5 Å². The van der Waals surface area contributed by atoms with Crippen LogP contribution in [0.4, 0.5) is 15.8 Å². The fraction of sp³-hybridized carbons (Fsp3) is 0.357. The first-order chi connectivity index (χ1) is 18.6. The van der Waals surface area contributed by atoms with Gasteiger partial charge in [-0.2, -0.15) is 14.9 Å². The van der Waals surface area contributed by atoms with E-state index in [1.807, 2.05) is 11.1 Å². The number of aromatic nitrogens is 2. The van der Waals surface area contributed by atoms with Crippen molar-refractivity contribution in [3.63, 3.8) is 0 Å².